The Hall–Kier alpha value is -4.51. The number of hydrogen-bond donors (Lipinski definition) is 1. The Balaban J connectivity index is 1.17. The van der Waals surface area contributed by atoms with Gasteiger partial charge in [-0.2, -0.15) is 0 Å². The number of fused-ring (bicyclic) bond motifs is 1. The first-order chi connectivity index (χ1) is 21.5. The van der Waals surface area contributed by atoms with E-state index in [-0.39, 0.29) is 31.3 Å². The smallest absolute Gasteiger partial charge is 0.306 e. The Labute approximate surface area is 264 Å². The summed E-state index contributed by atoms with van der Waals surface area (Å²) in [7, 11) is 0. The molecule has 11 nitrogen and oxygen atoms in total. The summed E-state index contributed by atoms with van der Waals surface area (Å²) in [4.78, 5) is 52.5. The zero-order valence-electron chi connectivity index (χ0n) is 26.4. The molecule has 0 aliphatic carbocycles. The number of ether oxygens (including phenoxy) is 2. The molecule has 1 unspecified atom stereocenters. The molecule has 0 bridgehead atoms. The summed E-state index contributed by atoms with van der Waals surface area (Å²) in [6.45, 7) is 11.8. The molecule has 1 fully saturated rings. The number of rotatable bonds is 11. The molecule has 238 valence electrons. The highest BCUT2D eigenvalue weighted by Crippen LogP contribution is 2.34. The van der Waals surface area contributed by atoms with Crippen LogP contribution in [0.2, 0.25) is 0 Å². The number of nitrogens with two attached hydrogens (primary N) is 1. The second-order valence-corrected chi connectivity index (χ2v) is 12.6. The molecule has 0 saturated carbocycles. The first kappa shape index (κ1) is 31.9. The van der Waals surface area contributed by atoms with Crippen LogP contribution in [0.4, 0.5) is 5.82 Å². The molecule has 5 rings (SSSR count). The molecular weight excluding hydrogens is 572 g/mol. The number of esters is 1. The third kappa shape index (κ3) is 7.78. The fraction of sp³-hybridized carbons (Fsp3) is 0.441. The molecule has 2 aromatic carbocycles. The summed E-state index contributed by atoms with van der Waals surface area (Å²) in [6.07, 6.45) is 3.43. The summed E-state index contributed by atoms with van der Waals surface area (Å²) >= 11 is 0. The van der Waals surface area contributed by atoms with Gasteiger partial charge in [-0.25, -0.2) is 9.97 Å². The fourth-order valence-corrected chi connectivity index (χ4v) is 5.89. The fourth-order valence-electron chi connectivity index (χ4n) is 5.89. The Morgan fingerprint density at radius 3 is 2.40 bits per heavy atom. The number of amides is 2. The van der Waals surface area contributed by atoms with E-state index >= 15 is 0 Å². The standard InChI is InChI=1S/C34H42N6O5/c1-23(38-16-18-39(19-17-38)30-14-15-36-22-37-30)25-10-8-24(9-11-25)21-44-29-7-5-6-26-27(29)20-40(33(26)43)28(32(35)42)12-13-31(41)45-34(2,3)4/h5-11,14-15,22-23,28H,12-13,16-21H2,1-4H3,(H2,35,42)/t23-,28?/m1/s1. The average Bonchev–Trinajstić information content (AvgIpc) is 3.36. The number of aromatic nitrogens is 2. The number of hydrogen-bond acceptors (Lipinski definition) is 9. The second kappa shape index (κ2) is 13.6. The van der Waals surface area contributed by atoms with Gasteiger partial charge in [-0.3, -0.25) is 19.3 Å². The number of carbonyl (C=O) groups excluding carboxylic acids is 3. The van der Waals surface area contributed by atoms with Gasteiger partial charge in [-0.15, -0.1) is 0 Å². The van der Waals surface area contributed by atoms with E-state index in [0.29, 0.717) is 23.5 Å². The highest BCUT2D eigenvalue weighted by Gasteiger charge is 2.37. The number of piperazine rings is 1. The normalized spacial score (nSPS) is 16.7. The van der Waals surface area contributed by atoms with E-state index in [4.69, 9.17) is 15.2 Å². The van der Waals surface area contributed by atoms with Crippen molar-refractivity contribution in [2.24, 2.45) is 5.73 Å². The number of primary amides is 1. The van der Waals surface area contributed by atoms with Crippen LogP contribution in [0.1, 0.15) is 73.6 Å². The molecule has 11 heteroatoms. The zero-order chi connectivity index (χ0) is 32.1. The van der Waals surface area contributed by atoms with E-state index in [1.807, 2.05) is 12.1 Å². The van der Waals surface area contributed by atoms with Crippen molar-refractivity contribution in [3.63, 3.8) is 0 Å². The lowest BCUT2D eigenvalue weighted by atomic mass is 10.0. The molecule has 2 amide bonds. The molecule has 2 atom stereocenters. The highest BCUT2D eigenvalue weighted by atomic mass is 16.6. The van der Waals surface area contributed by atoms with Crippen LogP contribution in [0, 0.1) is 0 Å². The van der Waals surface area contributed by atoms with E-state index in [9.17, 15) is 14.4 Å². The summed E-state index contributed by atoms with van der Waals surface area (Å²) in [5.74, 6) is 0.138. The predicted octanol–water partition coefficient (Wildman–Crippen LogP) is 3.87. The molecule has 2 aliphatic heterocycles. The molecule has 0 radical (unpaired) electrons. The van der Waals surface area contributed by atoms with Gasteiger partial charge >= 0.3 is 5.97 Å². The number of carbonyl (C=O) groups is 3. The van der Waals surface area contributed by atoms with Gasteiger partial charge in [0.2, 0.25) is 5.91 Å². The Kier molecular flexibility index (Phi) is 9.67. The van der Waals surface area contributed by atoms with Crippen molar-refractivity contribution in [2.45, 2.75) is 71.4 Å². The second-order valence-electron chi connectivity index (χ2n) is 12.6. The minimum atomic E-state index is -0.935. The van der Waals surface area contributed by atoms with Crippen LogP contribution in [0.5, 0.6) is 5.75 Å². The van der Waals surface area contributed by atoms with Crippen molar-refractivity contribution < 1.29 is 23.9 Å². The molecule has 2 aliphatic rings. The van der Waals surface area contributed by atoms with E-state index in [1.165, 1.54) is 10.5 Å². The maximum atomic E-state index is 13.3. The first-order valence-electron chi connectivity index (χ1n) is 15.4. The van der Waals surface area contributed by atoms with Gasteiger partial charge in [0.05, 0.1) is 6.54 Å². The summed E-state index contributed by atoms with van der Waals surface area (Å²) < 4.78 is 11.6. The van der Waals surface area contributed by atoms with Gasteiger partial charge in [0.15, 0.2) is 0 Å². The summed E-state index contributed by atoms with van der Waals surface area (Å²) in [5, 5.41) is 0. The quantitative estimate of drug-likeness (QED) is 0.320. The van der Waals surface area contributed by atoms with E-state index in [0.717, 1.165) is 37.6 Å². The predicted molar refractivity (Wildman–Crippen MR) is 169 cm³/mol. The van der Waals surface area contributed by atoms with Gasteiger partial charge in [0.25, 0.3) is 5.91 Å². The van der Waals surface area contributed by atoms with Crippen molar-refractivity contribution in [3.05, 3.63) is 83.3 Å². The lowest BCUT2D eigenvalue weighted by Crippen LogP contribution is -2.47. The molecular formula is C34H42N6O5. The third-order valence-electron chi connectivity index (χ3n) is 8.31. The van der Waals surface area contributed by atoms with Crippen LogP contribution in [0.25, 0.3) is 0 Å². The maximum absolute atomic E-state index is 13.3. The van der Waals surface area contributed by atoms with Crippen molar-refractivity contribution >= 4 is 23.6 Å². The van der Waals surface area contributed by atoms with Crippen LogP contribution in [0.3, 0.4) is 0 Å². The monoisotopic (exact) mass is 614 g/mol. The molecule has 0 spiro atoms. The van der Waals surface area contributed by atoms with Gasteiger partial charge in [-0.05, 0) is 63.4 Å². The Bertz CT molecular complexity index is 1500. The first-order valence-corrected chi connectivity index (χ1v) is 15.4. The maximum Gasteiger partial charge on any atom is 0.306 e. The van der Waals surface area contributed by atoms with Crippen molar-refractivity contribution in [3.8, 4) is 5.75 Å². The van der Waals surface area contributed by atoms with Gasteiger partial charge in [0, 0.05) is 56.0 Å². The van der Waals surface area contributed by atoms with Crippen molar-refractivity contribution in [1.29, 1.82) is 0 Å². The van der Waals surface area contributed by atoms with Gasteiger partial charge in [-0.1, -0.05) is 30.3 Å². The highest BCUT2D eigenvalue weighted by molar-refractivity contribution is 6.01. The van der Waals surface area contributed by atoms with E-state index in [2.05, 4.69) is 51.0 Å². The molecule has 3 aromatic rings. The third-order valence-corrected chi connectivity index (χ3v) is 8.31. The Morgan fingerprint density at radius 2 is 1.76 bits per heavy atom. The largest absolute Gasteiger partial charge is 0.489 e. The van der Waals surface area contributed by atoms with Crippen LogP contribution >= 0.6 is 0 Å². The van der Waals surface area contributed by atoms with Gasteiger partial charge < -0.3 is 25.0 Å². The SMILES string of the molecule is C[C@H](c1ccc(COc2cccc3c2CN(C(CCC(=O)OC(C)(C)C)C(N)=O)C3=O)cc1)N1CCN(c2ccncn2)CC1. The molecule has 1 aromatic heterocycles. The van der Waals surface area contributed by atoms with Crippen LogP contribution in [-0.4, -0.2) is 75.4 Å². The average molecular weight is 615 g/mol. The molecule has 3 heterocycles. The van der Waals surface area contributed by atoms with Crippen LogP contribution in [0.15, 0.2) is 61.1 Å². The lowest BCUT2D eigenvalue weighted by Gasteiger charge is -2.38. The minimum Gasteiger partial charge on any atom is -0.489 e. The zero-order valence-corrected chi connectivity index (χ0v) is 26.4. The molecule has 2 N–H and O–H groups in total. The Morgan fingerprint density at radius 1 is 1.02 bits per heavy atom. The molecule has 1 saturated heterocycles. The van der Waals surface area contributed by atoms with E-state index in [1.54, 1.807) is 45.4 Å². The lowest BCUT2D eigenvalue weighted by molar-refractivity contribution is -0.155. The molecule has 45 heavy (non-hydrogen) atoms. The van der Waals surface area contributed by atoms with Crippen LogP contribution < -0.4 is 15.4 Å². The van der Waals surface area contributed by atoms with Crippen LogP contribution in [-0.2, 0) is 27.5 Å². The number of nitrogens with zero attached hydrogens (tertiary/aromatic N) is 5. The number of anilines is 1. The number of benzene rings is 2. The topological polar surface area (TPSA) is 131 Å². The van der Waals surface area contributed by atoms with E-state index < -0.39 is 23.5 Å². The summed E-state index contributed by atoms with van der Waals surface area (Å²) in [6, 6.07) is 15.0. The van der Waals surface area contributed by atoms with Crippen molar-refractivity contribution in [1.82, 2.24) is 19.8 Å². The van der Waals surface area contributed by atoms with Crippen molar-refractivity contribution in [2.75, 3.05) is 31.1 Å². The van der Waals surface area contributed by atoms with Gasteiger partial charge in [0.1, 0.15) is 36.1 Å². The minimum absolute atomic E-state index is 0.0255. The summed E-state index contributed by atoms with van der Waals surface area (Å²) in [5.41, 5.74) is 8.46.